The first-order valence-corrected chi connectivity index (χ1v) is 7.84. The fourth-order valence-corrected chi connectivity index (χ4v) is 3.31. The van der Waals surface area contributed by atoms with Gasteiger partial charge in [-0.25, -0.2) is 0 Å². The molecule has 1 aliphatic rings. The van der Waals surface area contributed by atoms with Crippen molar-refractivity contribution in [3.05, 3.63) is 0 Å². The first-order valence-electron chi connectivity index (χ1n) is 7.84. The van der Waals surface area contributed by atoms with Gasteiger partial charge in [0.2, 0.25) is 5.91 Å². The molecule has 0 unspecified atom stereocenters. The van der Waals surface area contributed by atoms with Crippen LogP contribution < -0.4 is 0 Å². The molecule has 2 nitrogen and oxygen atoms in total. The molecule has 1 fully saturated rings. The number of carbonyl (C=O) groups excluding carboxylic acids is 1. The number of hydrogen-bond donors (Lipinski definition) is 0. The van der Waals surface area contributed by atoms with Crippen LogP contribution in [0.2, 0.25) is 0 Å². The summed E-state index contributed by atoms with van der Waals surface area (Å²) < 4.78 is 0. The predicted molar refractivity (Wildman–Crippen MR) is 77.6 cm³/mol. The Morgan fingerprint density at radius 2 is 1.28 bits per heavy atom. The molecule has 0 spiro atoms. The van der Waals surface area contributed by atoms with Crippen LogP contribution in [0.4, 0.5) is 0 Å². The van der Waals surface area contributed by atoms with Crippen LogP contribution in [0, 0.1) is 5.41 Å². The highest BCUT2D eigenvalue weighted by Gasteiger charge is 2.36. The van der Waals surface area contributed by atoms with E-state index in [9.17, 15) is 4.79 Å². The normalized spacial score (nSPS) is 21.9. The zero-order chi connectivity index (χ0) is 13.4. The summed E-state index contributed by atoms with van der Waals surface area (Å²) in [6, 6.07) is 0. The topological polar surface area (TPSA) is 20.3 Å². The third kappa shape index (κ3) is 4.29. The number of carbonyl (C=O) groups is 1. The Hall–Kier alpha value is -0.530. The van der Waals surface area contributed by atoms with Crippen LogP contribution in [0.1, 0.15) is 77.6 Å². The molecule has 0 aromatic carbocycles. The van der Waals surface area contributed by atoms with E-state index in [1.54, 1.807) is 0 Å². The van der Waals surface area contributed by atoms with E-state index in [1.165, 1.54) is 51.4 Å². The molecule has 0 atom stereocenters. The van der Waals surface area contributed by atoms with Gasteiger partial charge in [-0.1, -0.05) is 58.3 Å². The Morgan fingerprint density at radius 3 is 1.61 bits per heavy atom. The summed E-state index contributed by atoms with van der Waals surface area (Å²) in [6.07, 6.45) is 13.8. The van der Waals surface area contributed by atoms with Gasteiger partial charge in [0.1, 0.15) is 0 Å². The van der Waals surface area contributed by atoms with E-state index in [1.807, 2.05) is 19.0 Å². The first-order chi connectivity index (χ1) is 8.62. The van der Waals surface area contributed by atoms with Crippen molar-refractivity contribution in [3.8, 4) is 0 Å². The maximum absolute atomic E-state index is 12.5. The molecule has 0 N–H and O–H groups in total. The van der Waals surface area contributed by atoms with Gasteiger partial charge in [-0.05, 0) is 19.3 Å². The third-order valence-corrected chi connectivity index (χ3v) is 4.60. The first kappa shape index (κ1) is 15.5. The standard InChI is InChI=1S/C16H31NO/c1-4-16(15(18)17(2)3)13-11-9-7-5-6-8-10-12-14-16/h4-14H2,1-3H3. The molecule has 0 bridgehead atoms. The summed E-state index contributed by atoms with van der Waals surface area (Å²) in [6.45, 7) is 2.20. The fraction of sp³-hybridized carbons (Fsp3) is 0.938. The molecule has 0 aromatic rings. The van der Waals surface area contributed by atoms with Crippen LogP contribution in [0.5, 0.6) is 0 Å². The van der Waals surface area contributed by atoms with Gasteiger partial charge in [0.25, 0.3) is 0 Å². The third-order valence-electron chi connectivity index (χ3n) is 4.60. The summed E-state index contributed by atoms with van der Waals surface area (Å²) >= 11 is 0. The average molecular weight is 253 g/mol. The Bertz CT molecular complexity index is 235. The van der Waals surface area contributed by atoms with Crippen LogP contribution in [-0.2, 0) is 4.79 Å². The van der Waals surface area contributed by atoms with E-state index in [0.717, 1.165) is 19.3 Å². The minimum absolute atomic E-state index is 0.0617. The summed E-state index contributed by atoms with van der Waals surface area (Å²) in [5.74, 6) is 0.365. The molecule has 0 heterocycles. The lowest BCUT2D eigenvalue weighted by molar-refractivity contribution is -0.141. The van der Waals surface area contributed by atoms with Crippen molar-refractivity contribution in [2.24, 2.45) is 5.41 Å². The zero-order valence-electron chi connectivity index (χ0n) is 12.6. The van der Waals surface area contributed by atoms with Gasteiger partial charge in [0.15, 0.2) is 0 Å². The molecule has 1 aliphatic carbocycles. The summed E-state index contributed by atoms with van der Waals surface area (Å²) in [4.78, 5) is 14.3. The summed E-state index contributed by atoms with van der Waals surface area (Å²) in [5.41, 5.74) is -0.0617. The van der Waals surface area contributed by atoms with Crippen LogP contribution in [0.25, 0.3) is 0 Å². The van der Waals surface area contributed by atoms with Gasteiger partial charge in [-0.3, -0.25) is 4.79 Å². The van der Waals surface area contributed by atoms with Gasteiger partial charge in [0, 0.05) is 19.5 Å². The highest BCUT2D eigenvalue weighted by Crippen LogP contribution is 2.37. The molecular formula is C16H31NO. The molecule has 0 aliphatic heterocycles. The molecule has 1 rings (SSSR count). The molecule has 0 radical (unpaired) electrons. The second kappa shape index (κ2) is 7.81. The number of amides is 1. The Labute approximate surface area is 113 Å². The monoisotopic (exact) mass is 253 g/mol. The largest absolute Gasteiger partial charge is 0.348 e. The van der Waals surface area contributed by atoms with E-state index in [0.29, 0.717) is 5.91 Å². The van der Waals surface area contributed by atoms with E-state index < -0.39 is 0 Å². The van der Waals surface area contributed by atoms with Crippen molar-refractivity contribution in [2.45, 2.75) is 77.6 Å². The minimum atomic E-state index is -0.0617. The highest BCUT2D eigenvalue weighted by atomic mass is 16.2. The smallest absolute Gasteiger partial charge is 0.228 e. The van der Waals surface area contributed by atoms with Crippen LogP contribution in [0.3, 0.4) is 0 Å². The molecule has 0 aromatic heterocycles. The van der Waals surface area contributed by atoms with Gasteiger partial charge in [-0.2, -0.15) is 0 Å². The van der Waals surface area contributed by atoms with Crippen molar-refractivity contribution in [1.82, 2.24) is 4.90 Å². The number of nitrogens with zero attached hydrogens (tertiary/aromatic N) is 1. The maximum Gasteiger partial charge on any atom is 0.228 e. The number of rotatable bonds is 2. The molecule has 0 saturated heterocycles. The molecule has 106 valence electrons. The van der Waals surface area contributed by atoms with Crippen molar-refractivity contribution in [2.75, 3.05) is 14.1 Å². The SMILES string of the molecule is CCC1(C(=O)N(C)C)CCCCCCCCCC1. The Morgan fingerprint density at radius 1 is 0.889 bits per heavy atom. The lowest BCUT2D eigenvalue weighted by Crippen LogP contribution is -2.40. The van der Waals surface area contributed by atoms with Crippen molar-refractivity contribution in [3.63, 3.8) is 0 Å². The second-order valence-corrected chi connectivity index (χ2v) is 6.16. The minimum Gasteiger partial charge on any atom is -0.348 e. The Balaban J connectivity index is 2.72. The number of hydrogen-bond acceptors (Lipinski definition) is 1. The fourth-order valence-electron chi connectivity index (χ4n) is 3.31. The molecular weight excluding hydrogens is 222 g/mol. The van der Waals surface area contributed by atoms with Crippen LogP contribution >= 0.6 is 0 Å². The van der Waals surface area contributed by atoms with E-state index in [-0.39, 0.29) is 5.41 Å². The van der Waals surface area contributed by atoms with E-state index >= 15 is 0 Å². The molecule has 2 heteroatoms. The summed E-state index contributed by atoms with van der Waals surface area (Å²) in [5, 5.41) is 0. The zero-order valence-corrected chi connectivity index (χ0v) is 12.6. The van der Waals surface area contributed by atoms with Crippen molar-refractivity contribution in [1.29, 1.82) is 0 Å². The quantitative estimate of drug-likeness (QED) is 0.715. The molecule has 1 saturated carbocycles. The van der Waals surface area contributed by atoms with Crippen molar-refractivity contribution < 1.29 is 4.79 Å². The Kier molecular flexibility index (Phi) is 6.73. The second-order valence-electron chi connectivity index (χ2n) is 6.16. The average Bonchev–Trinajstić information content (AvgIpc) is 2.42. The maximum atomic E-state index is 12.5. The van der Waals surface area contributed by atoms with Gasteiger partial charge < -0.3 is 4.90 Å². The van der Waals surface area contributed by atoms with E-state index in [2.05, 4.69) is 6.92 Å². The van der Waals surface area contributed by atoms with Crippen LogP contribution in [0.15, 0.2) is 0 Å². The summed E-state index contributed by atoms with van der Waals surface area (Å²) in [7, 11) is 3.82. The van der Waals surface area contributed by atoms with Crippen molar-refractivity contribution >= 4 is 5.91 Å². The highest BCUT2D eigenvalue weighted by molar-refractivity contribution is 5.82. The van der Waals surface area contributed by atoms with Gasteiger partial charge in [0.05, 0.1) is 0 Å². The van der Waals surface area contributed by atoms with E-state index in [4.69, 9.17) is 0 Å². The lowest BCUT2D eigenvalue weighted by Gasteiger charge is -2.34. The lowest BCUT2D eigenvalue weighted by atomic mass is 9.74. The molecule has 18 heavy (non-hydrogen) atoms. The molecule has 1 amide bonds. The van der Waals surface area contributed by atoms with Crippen LogP contribution in [-0.4, -0.2) is 24.9 Å². The van der Waals surface area contributed by atoms with Gasteiger partial charge >= 0.3 is 0 Å². The van der Waals surface area contributed by atoms with Gasteiger partial charge in [-0.15, -0.1) is 0 Å². The predicted octanol–water partition coefficient (Wildman–Crippen LogP) is 4.39.